The van der Waals surface area contributed by atoms with Gasteiger partial charge >= 0.3 is 5.97 Å². The highest BCUT2D eigenvalue weighted by molar-refractivity contribution is 5.82. The van der Waals surface area contributed by atoms with Gasteiger partial charge in [-0.15, -0.1) is 0 Å². The second-order valence-electron chi connectivity index (χ2n) is 4.67. The lowest BCUT2D eigenvalue weighted by Gasteiger charge is -2.22. The highest BCUT2D eigenvalue weighted by Gasteiger charge is 2.31. The highest BCUT2D eigenvalue weighted by Crippen LogP contribution is 2.30. The van der Waals surface area contributed by atoms with Crippen LogP contribution in [0.2, 0.25) is 0 Å². The van der Waals surface area contributed by atoms with E-state index >= 15 is 0 Å². The third-order valence-corrected chi connectivity index (χ3v) is 3.23. The molecule has 0 saturated carbocycles. The maximum absolute atomic E-state index is 11.7. The van der Waals surface area contributed by atoms with E-state index < -0.39 is 5.41 Å². The lowest BCUT2D eigenvalue weighted by molar-refractivity contribution is -0.146. The van der Waals surface area contributed by atoms with Crippen LogP contribution < -0.4 is 5.32 Å². The zero-order valence-electron chi connectivity index (χ0n) is 9.96. The van der Waals surface area contributed by atoms with Crippen LogP contribution in [0.3, 0.4) is 0 Å². The van der Waals surface area contributed by atoms with E-state index in [0.717, 1.165) is 18.5 Å². The number of benzene rings is 1. The lowest BCUT2D eigenvalue weighted by atomic mass is 9.83. The molecule has 0 bridgehead atoms. The van der Waals surface area contributed by atoms with Crippen molar-refractivity contribution in [1.82, 2.24) is 0 Å². The second kappa shape index (κ2) is 3.81. The van der Waals surface area contributed by atoms with Crippen molar-refractivity contribution in [3.63, 3.8) is 0 Å². The summed E-state index contributed by atoms with van der Waals surface area (Å²) < 4.78 is 4.83. The van der Waals surface area contributed by atoms with Gasteiger partial charge in [0, 0.05) is 12.2 Å². The standard InChI is InChI=1S/C13H17NO2/c1-13(2,12(15)16-3)10-4-5-11-9(8-10)6-7-14-11/h4-5,8,14H,6-7H2,1-3H3. The number of fused-ring (bicyclic) bond motifs is 1. The number of carbonyl (C=O) groups excluding carboxylic acids is 1. The molecule has 0 saturated heterocycles. The summed E-state index contributed by atoms with van der Waals surface area (Å²) in [4.78, 5) is 11.7. The molecule has 1 aromatic carbocycles. The average molecular weight is 219 g/mol. The number of nitrogens with one attached hydrogen (secondary N) is 1. The molecule has 0 radical (unpaired) electrons. The third-order valence-electron chi connectivity index (χ3n) is 3.23. The van der Waals surface area contributed by atoms with Gasteiger partial charge in [-0.1, -0.05) is 12.1 Å². The molecule has 86 valence electrons. The summed E-state index contributed by atoms with van der Waals surface area (Å²) in [5, 5.41) is 3.31. The molecule has 1 aliphatic rings. The van der Waals surface area contributed by atoms with Crippen LogP contribution in [0.15, 0.2) is 18.2 Å². The van der Waals surface area contributed by atoms with Crippen molar-refractivity contribution in [2.45, 2.75) is 25.7 Å². The molecular formula is C13H17NO2. The molecule has 0 aromatic heterocycles. The van der Waals surface area contributed by atoms with Gasteiger partial charge in [-0.05, 0) is 37.5 Å². The summed E-state index contributed by atoms with van der Waals surface area (Å²) in [6.07, 6.45) is 1.03. The van der Waals surface area contributed by atoms with Gasteiger partial charge in [0.25, 0.3) is 0 Å². The van der Waals surface area contributed by atoms with E-state index in [-0.39, 0.29) is 5.97 Å². The van der Waals surface area contributed by atoms with E-state index in [2.05, 4.69) is 11.4 Å². The molecule has 1 aliphatic heterocycles. The van der Waals surface area contributed by atoms with Gasteiger partial charge < -0.3 is 10.1 Å². The summed E-state index contributed by atoms with van der Waals surface area (Å²) in [7, 11) is 1.43. The Morgan fingerprint density at radius 3 is 2.88 bits per heavy atom. The van der Waals surface area contributed by atoms with Crippen LogP contribution in [0.5, 0.6) is 0 Å². The van der Waals surface area contributed by atoms with Crippen molar-refractivity contribution in [2.24, 2.45) is 0 Å². The molecule has 0 unspecified atom stereocenters. The minimum absolute atomic E-state index is 0.196. The Morgan fingerprint density at radius 2 is 2.19 bits per heavy atom. The molecule has 2 rings (SSSR count). The van der Waals surface area contributed by atoms with E-state index in [1.54, 1.807) is 0 Å². The van der Waals surface area contributed by atoms with Gasteiger partial charge in [-0.25, -0.2) is 0 Å². The molecule has 1 heterocycles. The third kappa shape index (κ3) is 1.66. The van der Waals surface area contributed by atoms with Crippen LogP contribution in [0.4, 0.5) is 5.69 Å². The summed E-state index contributed by atoms with van der Waals surface area (Å²) in [6.45, 7) is 4.77. The number of hydrogen-bond acceptors (Lipinski definition) is 3. The Labute approximate surface area is 95.8 Å². The fourth-order valence-corrected chi connectivity index (χ4v) is 2.07. The van der Waals surface area contributed by atoms with Crippen molar-refractivity contribution in [3.05, 3.63) is 29.3 Å². The minimum atomic E-state index is -0.577. The minimum Gasteiger partial charge on any atom is -0.468 e. The predicted molar refractivity (Wildman–Crippen MR) is 63.7 cm³/mol. The van der Waals surface area contributed by atoms with Gasteiger partial charge in [0.1, 0.15) is 0 Å². The SMILES string of the molecule is COC(=O)C(C)(C)c1ccc2c(c1)CCN2. The number of anilines is 1. The summed E-state index contributed by atoms with van der Waals surface area (Å²) >= 11 is 0. The van der Waals surface area contributed by atoms with E-state index in [1.165, 1.54) is 18.4 Å². The van der Waals surface area contributed by atoms with Crippen molar-refractivity contribution in [2.75, 3.05) is 19.0 Å². The predicted octanol–water partition coefficient (Wildman–Crippen LogP) is 2.11. The molecule has 16 heavy (non-hydrogen) atoms. The Kier molecular flexibility index (Phi) is 2.62. The lowest BCUT2D eigenvalue weighted by Crippen LogP contribution is -2.30. The number of rotatable bonds is 2. The molecule has 1 N–H and O–H groups in total. The van der Waals surface area contributed by atoms with Crippen molar-refractivity contribution < 1.29 is 9.53 Å². The van der Waals surface area contributed by atoms with Crippen LogP contribution >= 0.6 is 0 Å². The van der Waals surface area contributed by atoms with E-state index in [1.807, 2.05) is 26.0 Å². The van der Waals surface area contributed by atoms with Crippen molar-refractivity contribution in [3.8, 4) is 0 Å². The topological polar surface area (TPSA) is 38.3 Å². The normalized spacial score (nSPS) is 14.2. The molecule has 1 aromatic rings. The van der Waals surface area contributed by atoms with Gasteiger partial charge in [0.15, 0.2) is 0 Å². The monoisotopic (exact) mass is 219 g/mol. The first kappa shape index (κ1) is 11.0. The van der Waals surface area contributed by atoms with E-state index in [9.17, 15) is 4.79 Å². The van der Waals surface area contributed by atoms with Crippen LogP contribution in [-0.2, 0) is 21.4 Å². The zero-order valence-corrected chi connectivity index (χ0v) is 9.96. The number of methoxy groups -OCH3 is 1. The highest BCUT2D eigenvalue weighted by atomic mass is 16.5. The van der Waals surface area contributed by atoms with E-state index in [0.29, 0.717) is 0 Å². The van der Waals surface area contributed by atoms with Gasteiger partial charge in [0.05, 0.1) is 12.5 Å². The van der Waals surface area contributed by atoms with Crippen LogP contribution in [0.25, 0.3) is 0 Å². The molecule has 3 heteroatoms. The molecule has 0 amide bonds. The van der Waals surface area contributed by atoms with Crippen LogP contribution in [-0.4, -0.2) is 19.6 Å². The van der Waals surface area contributed by atoms with E-state index in [4.69, 9.17) is 4.74 Å². The molecule has 3 nitrogen and oxygen atoms in total. The molecular weight excluding hydrogens is 202 g/mol. The number of esters is 1. The second-order valence-corrected chi connectivity index (χ2v) is 4.67. The number of hydrogen-bond donors (Lipinski definition) is 1. The molecule has 0 fully saturated rings. The average Bonchev–Trinajstić information content (AvgIpc) is 2.74. The molecule has 0 atom stereocenters. The molecule has 0 spiro atoms. The van der Waals surface area contributed by atoms with Gasteiger partial charge in [0.2, 0.25) is 0 Å². The summed E-state index contributed by atoms with van der Waals surface area (Å²) in [5.41, 5.74) is 2.91. The Hall–Kier alpha value is -1.51. The van der Waals surface area contributed by atoms with Gasteiger partial charge in [-0.2, -0.15) is 0 Å². The summed E-state index contributed by atoms with van der Waals surface area (Å²) in [5.74, 6) is -0.196. The zero-order chi connectivity index (χ0) is 11.8. The fraction of sp³-hybridized carbons (Fsp3) is 0.462. The van der Waals surface area contributed by atoms with Crippen LogP contribution in [0, 0.1) is 0 Å². The Balaban J connectivity index is 2.37. The first-order chi connectivity index (χ1) is 7.55. The quantitative estimate of drug-likeness (QED) is 0.774. The first-order valence-corrected chi connectivity index (χ1v) is 5.51. The first-order valence-electron chi connectivity index (χ1n) is 5.51. The Bertz CT molecular complexity index is 424. The van der Waals surface area contributed by atoms with Crippen molar-refractivity contribution in [1.29, 1.82) is 0 Å². The molecule has 0 aliphatic carbocycles. The maximum atomic E-state index is 11.7. The number of carbonyl (C=O) groups is 1. The number of ether oxygens (including phenoxy) is 1. The maximum Gasteiger partial charge on any atom is 0.315 e. The van der Waals surface area contributed by atoms with Crippen molar-refractivity contribution >= 4 is 11.7 Å². The van der Waals surface area contributed by atoms with Crippen LogP contribution in [0.1, 0.15) is 25.0 Å². The fourth-order valence-electron chi connectivity index (χ4n) is 2.07. The smallest absolute Gasteiger partial charge is 0.315 e. The summed E-state index contributed by atoms with van der Waals surface area (Å²) in [6, 6.07) is 6.14. The van der Waals surface area contributed by atoms with Gasteiger partial charge in [-0.3, -0.25) is 4.79 Å². The largest absolute Gasteiger partial charge is 0.468 e. The Morgan fingerprint density at radius 1 is 1.44 bits per heavy atom.